The molecule has 0 saturated heterocycles. The van der Waals surface area contributed by atoms with Gasteiger partial charge in [0.1, 0.15) is 0 Å². The predicted octanol–water partition coefficient (Wildman–Crippen LogP) is -1.71. The molecule has 0 aromatic heterocycles. The highest BCUT2D eigenvalue weighted by molar-refractivity contribution is 5.47. The Balaban J connectivity index is -0.000000196. The molecule has 0 fully saturated rings. The SMILES string of the molecule is CC(C)[NH2+]C(C)C.CC(C)[NH2+]C(C)C.O=C([O-])[O-]. The van der Waals surface area contributed by atoms with Crippen LogP contribution in [-0.2, 0) is 0 Å². The molecular formula is C13H32N2O3. The second-order valence-corrected chi connectivity index (χ2v) is 5.61. The van der Waals surface area contributed by atoms with Crippen molar-refractivity contribution < 1.29 is 25.6 Å². The molecule has 0 spiro atoms. The maximum atomic E-state index is 8.33. The second kappa shape index (κ2) is 14.3. The summed E-state index contributed by atoms with van der Waals surface area (Å²) in [6.45, 7) is 17.7. The highest BCUT2D eigenvalue weighted by Gasteiger charge is 1.97. The van der Waals surface area contributed by atoms with Gasteiger partial charge >= 0.3 is 0 Å². The van der Waals surface area contributed by atoms with E-state index >= 15 is 0 Å². The van der Waals surface area contributed by atoms with Crippen LogP contribution in [0.4, 0.5) is 4.79 Å². The maximum Gasteiger partial charge on any atom is 0.0803 e. The van der Waals surface area contributed by atoms with Gasteiger partial charge in [-0.1, -0.05) is 0 Å². The smallest absolute Gasteiger partial charge is 0.0803 e. The lowest BCUT2D eigenvalue weighted by atomic mass is 10.3. The maximum absolute atomic E-state index is 8.33. The van der Waals surface area contributed by atoms with Gasteiger partial charge in [0, 0.05) is 0 Å². The number of nitrogens with two attached hydrogens (primary N) is 2. The van der Waals surface area contributed by atoms with Gasteiger partial charge in [0.15, 0.2) is 0 Å². The third-order valence-electron chi connectivity index (χ3n) is 1.54. The molecule has 0 aliphatic carbocycles. The molecule has 0 aliphatic rings. The number of hydrogen-bond donors (Lipinski definition) is 2. The number of carbonyl (C=O) groups excluding carboxylic acids is 1. The summed E-state index contributed by atoms with van der Waals surface area (Å²) in [4.78, 5) is 8.33. The van der Waals surface area contributed by atoms with Gasteiger partial charge in [0.25, 0.3) is 0 Å². The molecule has 5 heteroatoms. The highest BCUT2D eigenvalue weighted by atomic mass is 16.6. The number of quaternary nitrogens is 2. The van der Waals surface area contributed by atoms with Crippen LogP contribution in [0.3, 0.4) is 0 Å². The minimum absolute atomic E-state index is 0.750. The Labute approximate surface area is 112 Å². The van der Waals surface area contributed by atoms with Crippen LogP contribution in [-0.4, -0.2) is 30.3 Å². The zero-order valence-electron chi connectivity index (χ0n) is 13.2. The lowest BCUT2D eigenvalue weighted by Crippen LogP contribution is -2.92. The van der Waals surface area contributed by atoms with Gasteiger partial charge in [0.2, 0.25) is 0 Å². The third kappa shape index (κ3) is 59.2. The number of carboxylic acid groups (broad SMARTS) is 2. The molecule has 0 amide bonds. The molecule has 0 aromatic rings. The molecule has 18 heavy (non-hydrogen) atoms. The number of hydrogen-bond acceptors (Lipinski definition) is 3. The molecular weight excluding hydrogens is 232 g/mol. The van der Waals surface area contributed by atoms with Gasteiger partial charge in [0.05, 0.1) is 24.2 Å². The molecule has 112 valence electrons. The number of carbonyl (C=O) groups is 1. The molecule has 0 aliphatic heterocycles. The van der Waals surface area contributed by atoms with E-state index in [1.165, 1.54) is 0 Å². The first kappa shape index (κ1) is 22.4. The monoisotopic (exact) mass is 264 g/mol. The van der Waals surface area contributed by atoms with E-state index in [-0.39, 0.29) is 0 Å². The average Bonchev–Trinajstić information content (AvgIpc) is 1.96. The van der Waals surface area contributed by atoms with Crippen molar-refractivity contribution in [3.8, 4) is 0 Å². The predicted molar refractivity (Wildman–Crippen MR) is 69.8 cm³/mol. The van der Waals surface area contributed by atoms with Crippen molar-refractivity contribution in [1.82, 2.24) is 0 Å². The largest absolute Gasteiger partial charge is 0.652 e. The van der Waals surface area contributed by atoms with Crippen LogP contribution in [0.2, 0.25) is 0 Å². The summed E-state index contributed by atoms with van der Waals surface area (Å²) in [5.74, 6) is 0. The minimum Gasteiger partial charge on any atom is -0.652 e. The third-order valence-corrected chi connectivity index (χ3v) is 1.54. The summed E-state index contributed by atoms with van der Waals surface area (Å²) >= 11 is 0. The topological polar surface area (TPSA) is 96.4 Å². The first-order chi connectivity index (χ1) is 7.98. The molecule has 0 heterocycles. The van der Waals surface area contributed by atoms with E-state index in [0.29, 0.717) is 0 Å². The molecule has 0 atom stereocenters. The van der Waals surface area contributed by atoms with E-state index < -0.39 is 6.16 Å². The Hall–Kier alpha value is -0.810. The first-order valence-corrected chi connectivity index (χ1v) is 6.56. The summed E-state index contributed by atoms with van der Waals surface area (Å²) in [5, 5.41) is 21.3. The van der Waals surface area contributed by atoms with Gasteiger partial charge < -0.3 is 25.6 Å². The summed E-state index contributed by atoms with van der Waals surface area (Å²) in [6.07, 6.45) is -2.33. The summed E-state index contributed by atoms with van der Waals surface area (Å²) in [6, 6.07) is 3.00. The van der Waals surface area contributed by atoms with Gasteiger partial charge in [-0.2, -0.15) is 0 Å². The Bertz CT molecular complexity index is 151. The average molecular weight is 264 g/mol. The normalized spacial score (nSPS) is 10.0. The lowest BCUT2D eigenvalue weighted by molar-refractivity contribution is -0.709. The van der Waals surface area contributed by atoms with E-state index in [1.54, 1.807) is 0 Å². The van der Waals surface area contributed by atoms with Crippen molar-refractivity contribution >= 4 is 6.16 Å². The molecule has 0 aromatic carbocycles. The van der Waals surface area contributed by atoms with E-state index in [2.05, 4.69) is 66.0 Å². The molecule has 0 radical (unpaired) electrons. The first-order valence-electron chi connectivity index (χ1n) is 6.56. The summed E-state index contributed by atoms with van der Waals surface area (Å²) < 4.78 is 0. The van der Waals surface area contributed by atoms with Crippen LogP contribution in [0, 0.1) is 0 Å². The van der Waals surface area contributed by atoms with E-state index in [0.717, 1.165) is 24.2 Å². The van der Waals surface area contributed by atoms with Crippen LogP contribution < -0.4 is 20.8 Å². The molecule has 4 N–H and O–H groups in total. The lowest BCUT2D eigenvalue weighted by Gasteiger charge is -2.06. The van der Waals surface area contributed by atoms with E-state index in [1.807, 2.05) is 0 Å². The summed E-state index contributed by atoms with van der Waals surface area (Å²) in [7, 11) is 0. The minimum atomic E-state index is -2.33. The molecule has 0 saturated carbocycles. The Morgan fingerprint density at radius 2 is 0.778 bits per heavy atom. The van der Waals surface area contributed by atoms with Crippen LogP contribution in [0.1, 0.15) is 55.4 Å². The standard InChI is InChI=1S/2C6H15N.CH2O3/c2*1-5(2)7-6(3)4;2-1(3)4/h2*5-7H,1-4H3;(H2,2,3,4). The van der Waals surface area contributed by atoms with Crippen LogP contribution in [0.25, 0.3) is 0 Å². The van der Waals surface area contributed by atoms with Gasteiger partial charge in [-0.15, -0.1) is 0 Å². The van der Waals surface area contributed by atoms with Crippen molar-refractivity contribution in [2.24, 2.45) is 0 Å². The van der Waals surface area contributed by atoms with Crippen molar-refractivity contribution in [3.05, 3.63) is 0 Å². The molecule has 0 bridgehead atoms. The fourth-order valence-corrected chi connectivity index (χ4v) is 1.54. The quantitative estimate of drug-likeness (QED) is 0.632. The van der Waals surface area contributed by atoms with Crippen LogP contribution in [0.5, 0.6) is 0 Å². The zero-order chi connectivity index (χ0) is 15.3. The van der Waals surface area contributed by atoms with Crippen molar-refractivity contribution in [2.75, 3.05) is 0 Å². The fraction of sp³-hybridized carbons (Fsp3) is 0.923. The number of rotatable bonds is 4. The Morgan fingerprint density at radius 3 is 0.778 bits per heavy atom. The summed E-state index contributed by atoms with van der Waals surface area (Å²) in [5.41, 5.74) is 0. The van der Waals surface area contributed by atoms with Crippen LogP contribution >= 0.6 is 0 Å². The van der Waals surface area contributed by atoms with Crippen molar-refractivity contribution in [2.45, 2.75) is 79.6 Å². The zero-order valence-corrected chi connectivity index (χ0v) is 13.2. The van der Waals surface area contributed by atoms with E-state index in [9.17, 15) is 0 Å². The fourth-order valence-electron chi connectivity index (χ4n) is 1.54. The van der Waals surface area contributed by atoms with Crippen molar-refractivity contribution in [1.29, 1.82) is 0 Å². The van der Waals surface area contributed by atoms with Gasteiger partial charge in [-0.05, 0) is 61.5 Å². The van der Waals surface area contributed by atoms with Gasteiger partial charge in [-0.25, -0.2) is 0 Å². The van der Waals surface area contributed by atoms with E-state index in [4.69, 9.17) is 15.0 Å². The molecule has 0 rings (SSSR count). The van der Waals surface area contributed by atoms with Crippen molar-refractivity contribution in [3.63, 3.8) is 0 Å². The molecule has 5 nitrogen and oxygen atoms in total. The van der Waals surface area contributed by atoms with Gasteiger partial charge in [-0.3, -0.25) is 0 Å². The highest BCUT2D eigenvalue weighted by Crippen LogP contribution is 1.67. The molecule has 0 unspecified atom stereocenters. The Kier molecular flexibility index (Phi) is 17.7. The second-order valence-electron chi connectivity index (χ2n) is 5.61. The van der Waals surface area contributed by atoms with Crippen LogP contribution in [0.15, 0.2) is 0 Å². The Morgan fingerprint density at radius 1 is 0.667 bits per heavy atom.